The lowest BCUT2D eigenvalue weighted by Crippen LogP contribution is -1.97. The minimum atomic E-state index is 0.583. The van der Waals surface area contributed by atoms with E-state index in [0.717, 1.165) is 31.1 Å². The Morgan fingerprint density at radius 2 is 1.65 bits per heavy atom. The summed E-state index contributed by atoms with van der Waals surface area (Å²) in [5, 5.41) is 0. The average Bonchev–Trinajstić information content (AvgIpc) is 2.34. The van der Waals surface area contributed by atoms with Gasteiger partial charge in [0.05, 0.1) is 6.61 Å². The lowest BCUT2D eigenvalue weighted by atomic mass is 10.0. The van der Waals surface area contributed by atoms with Crippen LogP contribution >= 0.6 is 11.6 Å². The van der Waals surface area contributed by atoms with Crippen molar-refractivity contribution in [3.63, 3.8) is 0 Å². The maximum absolute atomic E-state index is 5.69. The van der Waals surface area contributed by atoms with E-state index >= 15 is 0 Å². The molecule has 0 aliphatic heterocycles. The SMILES string of the molecule is CC(C)c1ccc(OCCCCCCCl)cc1. The molecule has 0 amide bonds. The molecule has 0 aliphatic carbocycles. The van der Waals surface area contributed by atoms with Gasteiger partial charge >= 0.3 is 0 Å². The lowest BCUT2D eigenvalue weighted by molar-refractivity contribution is 0.305. The molecular formula is C15H23ClO. The van der Waals surface area contributed by atoms with Gasteiger partial charge in [0.2, 0.25) is 0 Å². The maximum Gasteiger partial charge on any atom is 0.119 e. The van der Waals surface area contributed by atoms with Gasteiger partial charge < -0.3 is 4.74 Å². The summed E-state index contributed by atoms with van der Waals surface area (Å²) >= 11 is 5.62. The quantitative estimate of drug-likeness (QED) is 0.469. The van der Waals surface area contributed by atoms with Gasteiger partial charge in [0.25, 0.3) is 0 Å². The average molecular weight is 255 g/mol. The van der Waals surface area contributed by atoms with Gasteiger partial charge in [-0.15, -0.1) is 11.6 Å². The van der Waals surface area contributed by atoms with Crippen molar-refractivity contribution >= 4 is 11.6 Å². The van der Waals surface area contributed by atoms with E-state index < -0.39 is 0 Å². The highest BCUT2D eigenvalue weighted by Gasteiger charge is 1.99. The van der Waals surface area contributed by atoms with Crippen LogP contribution in [0.3, 0.4) is 0 Å². The summed E-state index contributed by atoms with van der Waals surface area (Å²) in [6.45, 7) is 5.21. The summed E-state index contributed by atoms with van der Waals surface area (Å²) in [4.78, 5) is 0. The highest BCUT2D eigenvalue weighted by atomic mass is 35.5. The van der Waals surface area contributed by atoms with Crippen molar-refractivity contribution in [2.24, 2.45) is 0 Å². The van der Waals surface area contributed by atoms with Gasteiger partial charge in [0.1, 0.15) is 5.75 Å². The molecule has 1 nitrogen and oxygen atoms in total. The van der Waals surface area contributed by atoms with Crippen molar-refractivity contribution in [1.82, 2.24) is 0 Å². The van der Waals surface area contributed by atoms with Gasteiger partial charge in [-0.25, -0.2) is 0 Å². The van der Waals surface area contributed by atoms with E-state index in [1.54, 1.807) is 0 Å². The Morgan fingerprint density at radius 1 is 1.00 bits per heavy atom. The van der Waals surface area contributed by atoms with E-state index in [4.69, 9.17) is 16.3 Å². The first-order valence-electron chi connectivity index (χ1n) is 6.52. The Bertz CT molecular complexity index is 292. The third kappa shape index (κ3) is 5.97. The lowest BCUT2D eigenvalue weighted by Gasteiger charge is -2.08. The number of hydrogen-bond donors (Lipinski definition) is 0. The van der Waals surface area contributed by atoms with Gasteiger partial charge in [-0.2, -0.15) is 0 Å². The molecule has 2 heteroatoms. The topological polar surface area (TPSA) is 9.23 Å². The first-order chi connectivity index (χ1) is 8.24. The molecule has 0 N–H and O–H groups in total. The van der Waals surface area contributed by atoms with Gasteiger partial charge in [0.15, 0.2) is 0 Å². The molecule has 1 rings (SSSR count). The van der Waals surface area contributed by atoms with Crippen LogP contribution in [0.5, 0.6) is 5.75 Å². The van der Waals surface area contributed by atoms with Crippen LogP contribution in [0, 0.1) is 0 Å². The molecule has 0 aliphatic rings. The maximum atomic E-state index is 5.69. The molecule has 0 aromatic heterocycles. The van der Waals surface area contributed by atoms with Crippen LogP contribution in [0.15, 0.2) is 24.3 Å². The molecular weight excluding hydrogens is 232 g/mol. The Kier molecular flexibility index (Phi) is 7.11. The smallest absolute Gasteiger partial charge is 0.119 e. The Balaban J connectivity index is 2.19. The highest BCUT2D eigenvalue weighted by molar-refractivity contribution is 6.17. The van der Waals surface area contributed by atoms with E-state index in [0.29, 0.717) is 5.92 Å². The minimum Gasteiger partial charge on any atom is -0.494 e. The number of halogens is 1. The second-order valence-corrected chi connectivity index (χ2v) is 5.05. The van der Waals surface area contributed by atoms with E-state index in [9.17, 15) is 0 Å². The standard InChI is InChI=1S/C15H23ClO/c1-13(2)14-7-9-15(10-8-14)17-12-6-4-3-5-11-16/h7-10,13H,3-6,11-12H2,1-2H3. The molecule has 1 aromatic carbocycles. The summed E-state index contributed by atoms with van der Waals surface area (Å²) in [5.41, 5.74) is 1.36. The van der Waals surface area contributed by atoms with Crippen LogP contribution in [-0.4, -0.2) is 12.5 Å². The summed E-state index contributed by atoms with van der Waals surface area (Å²) in [6, 6.07) is 8.42. The number of ether oxygens (including phenoxy) is 1. The van der Waals surface area contributed by atoms with Crippen molar-refractivity contribution in [3.05, 3.63) is 29.8 Å². The fraction of sp³-hybridized carbons (Fsp3) is 0.600. The summed E-state index contributed by atoms with van der Waals surface area (Å²) in [6.07, 6.45) is 4.64. The fourth-order valence-corrected chi connectivity index (χ4v) is 1.88. The summed E-state index contributed by atoms with van der Waals surface area (Å²) in [5.74, 6) is 2.34. The van der Waals surface area contributed by atoms with Crippen molar-refractivity contribution in [2.75, 3.05) is 12.5 Å². The molecule has 0 unspecified atom stereocenters. The monoisotopic (exact) mass is 254 g/mol. The van der Waals surface area contributed by atoms with Crippen molar-refractivity contribution in [1.29, 1.82) is 0 Å². The summed E-state index contributed by atoms with van der Waals surface area (Å²) in [7, 11) is 0. The second-order valence-electron chi connectivity index (χ2n) is 4.68. The normalized spacial score (nSPS) is 10.8. The van der Waals surface area contributed by atoms with Gasteiger partial charge in [-0.3, -0.25) is 0 Å². The van der Waals surface area contributed by atoms with Gasteiger partial charge in [-0.05, 0) is 36.5 Å². The zero-order chi connectivity index (χ0) is 12.5. The number of rotatable bonds is 8. The van der Waals surface area contributed by atoms with Crippen LogP contribution < -0.4 is 4.74 Å². The Morgan fingerprint density at radius 3 is 2.24 bits per heavy atom. The zero-order valence-electron chi connectivity index (χ0n) is 10.9. The molecule has 0 bridgehead atoms. The van der Waals surface area contributed by atoms with Crippen LogP contribution in [0.25, 0.3) is 0 Å². The molecule has 0 radical (unpaired) electrons. The zero-order valence-corrected chi connectivity index (χ0v) is 11.7. The van der Waals surface area contributed by atoms with Crippen LogP contribution in [-0.2, 0) is 0 Å². The van der Waals surface area contributed by atoms with Crippen LogP contribution in [0.1, 0.15) is 51.0 Å². The van der Waals surface area contributed by atoms with Crippen molar-refractivity contribution in [2.45, 2.75) is 45.4 Å². The minimum absolute atomic E-state index is 0.583. The van der Waals surface area contributed by atoms with E-state index in [2.05, 4.69) is 38.1 Å². The first kappa shape index (κ1) is 14.4. The number of alkyl halides is 1. The second kappa shape index (κ2) is 8.41. The van der Waals surface area contributed by atoms with Crippen LogP contribution in [0.4, 0.5) is 0 Å². The molecule has 0 spiro atoms. The Hall–Kier alpha value is -0.690. The first-order valence-corrected chi connectivity index (χ1v) is 7.06. The van der Waals surface area contributed by atoms with E-state index in [1.165, 1.54) is 18.4 Å². The largest absolute Gasteiger partial charge is 0.494 e. The van der Waals surface area contributed by atoms with Gasteiger partial charge in [-0.1, -0.05) is 38.8 Å². The molecule has 1 aromatic rings. The highest BCUT2D eigenvalue weighted by Crippen LogP contribution is 2.18. The summed E-state index contributed by atoms with van der Waals surface area (Å²) < 4.78 is 5.69. The van der Waals surface area contributed by atoms with Gasteiger partial charge in [0, 0.05) is 5.88 Å². The van der Waals surface area contributed by atoms with Crippen LogP contribution in [0.2, 0.25) is 0 Å². The third-order valence-corrected chi connectivity index (χ3v) is 3.11. The Labute approximate surface area is 110 Å². The predicted molar refractivity (Wildman–Crippen MR) is 75.2 cm³/mol. The van der Waals surface area contributed by atoms with E-state index in [1.807, 2.05) is 0 Å². The fourth-order valence-electron chi connectivity index (χ4n) is 1.69. The number of hydrogen-bond acceptors (Lipinski definition) is 1. The molecule has 17 heavy (non-hydrogen) atoms. The molecule has 0 saturated heterocycles. The molecule has 0 heterocycles. The molecule has 0 fully saturated rings. The number of unbranched alkanes of at least 4 members (excludes halogenated alkanes) is 3. The molecule has 0 saturated carbocycles. The predicted octanol–water partition coefficient (Wildman–Crippen LogP) is 4.99. The molecule has 96 valence electrons. The molecule has 0 atom stereocenters. The van der Waals surface area contributed by atoms with E-state index in [-0.39, 0.29) is 0 Å². The van der Waals surface area contributed by atoms with Crippen molar-refractivity contribution in [3.8, 4) is 5.75 Å². The third-order valence-electron chi connectivity index (χ3n) is 2.84. The number of benzene rings is 1. The van der Waals surface area contributed by atoms with Crippen molar-refractivity contribution < 1.29 is 4.74 Å².